The number of unbranched alkanes of at least 4 members (excludes halogenated alkanes) is 1. The number of hydrogen-bond acceptors (Lipinski definition) is 2. The summed E-state index contributed by atoms with van der Waals surface area (Å²) >= 11 is 5.64. The Bertz CT molecular complexity index is 235. The van der Waals surface area contributed by atoms with Crippen LogP contribution in [0.3, 0.4) is 0 Å². The van der Waals surface area contributed by atoms with E-state index in [0.29, 0.717) is 11.8 Å². The average Bonchev–Trinajstić information content (AvgIpc) is 2.15. The highest BCUT2D eigenvalue weighted by atomic mass is 35.5. The van der Waals surface area contributed by atoms with Crippen LogP contribution in [0, 0.1) is 0 Å². The number of pyridine rings is 1. The van der Waals surface area contributed by atoms with Gasteiger partial charge in [-0.3, -0.25) is 0 Å². The molecule has 0 N–H and O–H groups in total. The minimum Gasteiger partial charge on any atom is -0.377 e. The maximum Gasteiger partial charge on any atom is 0.129 e. The molecule has 0 aliphatic rings. The molecule has 0 radical (unpaired) electrons. The van der Waals surface area contributed by atoms with Gasteiger partial charge in [-0.15, -0.1) is 0 Å². The van der Waals surface area contributed by atoms with Crippen molar-refractivity contribution in [2.24, 2.45) is 0 Å². The Hall–Kier alpha value is -0.600. The predicted octanol–water partition coefficient (Wildman–Crippen LogP) is 3.05. The van der Waals surface area contributed by atoms with Gasteiger partial charge >= 0.3 is 0 Å². The first-order chi connectivity index (χ1) is 6.33. The largest absolute Gasteiger partial charge is 0.377 e. The standard InChI is InChI=1S/C10H14ClNO/c1-2-3-6-13-8-9-4-5-10(11)12-7-9/h4-5,7H,2-3,6,8H2,1H3. The first-order valence-electron chi connectivity index (χ1n) is 4.51. The lowest BCUT2D eigenvalue weighted by molar-refractivity contribution is 0.118. The highest BCUT2D eigenvalue weighted by Gasteiger charge is 1.93. The van der Waals surface area contributed by atoms with Crippen molar-refractivity contribution in [1.29, 1.82) is 0 Å². The van der Waals surface area contributed by atoms with E-state index >= 15 is 0 Å². The van der Waals surface area contributed by atoms with Crippen molar-refractivity contribution in [2.75, 3.05) is 6.61 Å². The highest BCUT2D eigenvalue weighted by molar-refractivity contribution is 6.29. The predicted molar refractivity (Wildman–Crippen MR) is 53.8 cm³/mol. The zero-order chi connectivity index (χ0) is 9.52. The molecule has 0 aliphatic heterocycles. The van der Waals surface area contributed by atoms with Gasteiger partial charge in [-0.2, -0.15) is 0 Å². The molecule has 1 heterocycles. The molecule has 0 aromatic carbocycles. The van der Waals surface area contributed by atoms with Gasteiger partial charge in [0.15, 0.2) is 0 Å². The molecular weight excluding hydrogens is 186 g/mol. The van der Waals surface area contributed by atoms with Crippen LogP contribution in [0.5, 0.6) is 0 Å². The summed E-state index contributed by atoms with van der Waals surface area (Å²) < 4.78 is 5.42. The first-order valence-corrected chi connectivity index (χ1v) is 4.89. The number of rotatable bonds is 5. The molecule has 0 spiro atoms. The summed E-state index contributed by atoms with van der Waals surface area (Å²) in [5, 5.41) is 0.525. The Morgan fingerprint density at radius 3 is 2.92 bits per heavy atom. The highest BCUT2D eigenvalue weighted by Crippen LogP contribution is 2.06. The first kappa shape index (κ1) is 10.5. The Balaban J connectivity index is 2.25. The van der Waals surface area contributed by atoms with Crippen molar-refractivity contribution in [3.63, 3.8) is 0 Å². The van der Waals surface area contributed by atoms with Crippen LogP contribution in [0.2, 0.25) is 5.15 Å². The summed E-state index contributed by atoms with van der Waals surface area (Å²) in [7, 11) is 0. The number of ether oxygens (including phenoxy) is 1. The number of nitrogens with zero attached hydrogens (tertiary/aromatic N) is 1. The van der Waals surface area contributed by atoms with Crippen molar-refractivity contribution in [3.8, 4) is 0 Å². The monoisotopic (exact) mass is 199 g/mol. The Labute approximate surface area is 83.9 Å². The fourth-order valence-corrected chi connectivity index (χ4v) is 1.04. The molecule has 1 rings (SSSR count). The molecule has 0 fully saturated rings. The number of hydrogen-bond donors (Lipinski definition) is 0. The van der Waals surface area contributed by atoms with E-state index in [0.717, 1.165) is 18.6 Å². The number of halogens is 1. The zero-order valence-corrected chi connectivity index (χ0v) is 8.55. The zero-order valence-electron chi connectivity index (χ0n) is 7.79. The molecule has 1 aromatic rings. The fraction of sp³-hybridized carbons (Fsp3) is 0.500. The molecule has 0 aliphatic carbocycles. The molecule has 3 heteroatoms. The van der Waals surface area contributed by atoms with Gasteiger partial charge in [-0.05, 0) is 18.1 Å². The van der Waals surface area contributed by atoms with Gasteiger partial charge in [0.25, 0.3) is 0 Å². The lowest BCUT2D eigenvalue weighted by atomic mass is 10.3. The van der Waals surface area contributed by atoms with Gasteiger partial charge < -0.3 is 4.74 Å². The van der Waals surface area contributed by atoms with E-state index in [4.69, 9.17) is 16.3 Å². The quantitative estimate of drug-likeness (QED) is 0.537. The minimum atomic E-state index is 0.525. The summed E-state index contributed by atoms with van der Waals surface area (Å²) in [5.41, 5.74) is 1.07. The summed E-state index contributed by atoms with van der Waals surface area (Å²) in [5.74, 6) is 0. The third-order valence-corrected chi connectivity index (χ3v) is 1.92. The van der Waals surface area contributed by atoms with Gasteiger partial charge in [0, 0.05) is 12.8 Å². The third kappa shape index (κ3) is 4.25. The van der Waals surface area contributed by atoms with E-state index in [-0.39, 0.29) is 0 Å². The lowest BCUT2D eigenvalue weighted by Crippen LogP contribution is -1.95. The van der Waals surface area contributed by atoms with Crippen LogP contribution >= 0.6 is 11.6 Å². The molecule has 1 aromatic heterocycles. The molecule has 0 bridgehead atoms. The normalized spacial score (nSPS) is 10.3. The van der Waals surface area contributed by atoms with E-state index < -0.39 is 0 Å². The van der Waals surface area contributed by atoms with Crippen molar-refractivity contribution in [3.05, 3.63) is 29.0 Å². The van der Waals surface area contributed by atoms with Crippen LogP contribution in [-0.4, -0.2) is 11.6 Å². The van der Waals surface area contributed by atoms with Crippen LogP contribution in [0.25, 0.3) is 0 Å². The van der Waals surface area contributed by atoms with E-state index in [2.05, 4.69) is 11.9 Å². The molecular formula is C10H14ClNO. The summed E-state index contributed by atoms with van der Waals surface area (Å²) in [6.07, 6.45) is 4.02. The van der Waals surface area contributed by atoms with Crippen LogP contribution in [0.4, 0.5) is 0 Å². The van der Waals surface area contributed by atoms with Crippen molar-refractivity contribution >= 4 is 11.6 Å². The second-order valence-corrected chi connectivity index (χ2v) is 3.28. The van der Waals surface area contributed by atoms with E-state index in [9.17, 15) is 0 Å². The summed E-state index contributed by atoms with van der Waals surface area (Å²) in [4.78, 5) is 3.96. The Morgan fingerprint density at radius 2 is 2.31 bits per heavy atom. The second kappa shape index (κ2) is 5.95. The van der Waals surface area contributed by atoms with Gasteiger partial charge in [-0.1, -0.05) is 31.0 Å². The molecule has 72 valence electrons. The van der Waals surface area contributed by atoms with Crippen LogP contribution in [0.1, 0.15) is 25.3 Å². The van der Waals surface area contributed by atoms with Gasteiger partial charge in [0.05, 0.1) is 6.61 Å². The van der Waals surface area contributed by atoms with Crippen LogP contribution in [-0.2, 0) is 11.3 Å². The molecule has 0 unspecified atom stereocenters. The van der Waals surface area contributed by atoms with Crippen LogP contribution < -0.4 is 0 Å². The van der Waals surface area contributed by atoms with Gasteiger partial charge in [0.1, 0.15) is 5.15 Å². The SMILES string of the molecule is CCCCOCc1ccc(Cl)nc1. The summed E-state index contributed by atoms with van der Waals surface area (Å²) in [6, 6.07) is 3.71. The average molecular weight is 200 g/mol. The molecule has 2 nitrogen and oxygen atoms in total. The van der Waals surface area contributed by atoms with Crippen molar-refractivity contribution in [1.82, 2.24) is 4.98 Å². The minimum absolute atomic E-state index is 0.525. The molecule has 13 heavy (non-hydrogen) atoms. The molecule has 0 saturated carbocycles. The smallest absolute Gasteiger partial charge is 0.129 e. The fourth-order valence-electron chi connectivity index (χ4n) is 0.928. The number of aromatic nitrogens is 1. The molecule has 0 amide bonds. The third-order valence-electron chi connectivity index (χ3n) is 1.70. The van der Waals surface area contributed by atoms with E-state index in [1.807, 2.05) is 6.07 Å². The maximum atomic E-state index is 5.64. The molecule has 0 atom stereocenters. The Morgan fingerprint density at radius 1 is 1.46 bits per heavy atom. The Kier molecular flexibility index (Phi) is 4.79. The van der Waals surface area contributed by atoms with Crippen molar-refractivity contribution < 1.29 is 4.74 Å². The maximum absolute atomic E-state index is 5.64. The second-order valence-electron chi connectivity index (χ2n) is 2.90. The summed E-state index contributed by atoms with van der Waals surface area (Å²) in [6.45, 7) is 3.59. The van der Waals surface area contributed by atoms with Crippen LogP contribution in [0.15, 0.2) is 18.3 Å². The van der Waals surface area contributed by atoms with E-state index in [1.165, 1.54) is 6.42 Å². The molecule has 0 saturated heterocycles. The topological polar surface area (TPSA) is 22.1 Å². The van der Waals surface area contributed by atoms with Crippen molar-refractivity contribution in [2.45, 2.75) is 26.4 Å². The van der Waals surface area contributed by atoms with Gasteiger partial charge in [-0.25, -0.2) is 4.98 Å². The van der Waals surface area contributed by atoms with Gasteiger partial charge in [0.2, 0.25) is 0 Å². The lowest BCUT2D eigenvalue weighted by Gasteiger charge is -2.02. The van der Waals surface area contributed by atoms with E-state index in [1.54, 1.807) is 12.3 Å².